The maximum absolute atomic E-state index is 13.0. The van der Waals surface area contributed by atoms with Crippen molar-refractivity contribution in [2.75, 3.05) is 11.4 Å². The number of nitrogens with zero attached hydrogens (tertiary/aromatic N) is 3. The minimum absolute atomic E-state index is 0.269. The number of anilines is 1. The van der Waals surface area contributed by atoms with Gasteiger partial charge < -0.3 is 9.47 Å². The van der Waals surface area contributed by atoms with Crippen molar-refractivity contribution in [3.8, 4) is 0 Å². The molecule has 4 rings (SSSR count). The second-order valence-corrected chi connectivity index (χ2v) is 9.60. The third-order valence-electron chi connectivity index (χ3n) is 5.37. The fourth-order valence-electron chi connectivity index (χ4n) is 3.65. The number of fused-ring (bicyclic) bond motifs is 1. The van der Waals surface area contributed by atoms with Crippen LogP contribution < -0.4 is 4.90 Å². The molecule has 2 aromatic carbocycles. The minimum Gasteiger partial charge on any atom is -0.330 e. The summed E-state index contributed by atoms with van der Waals surface area (Å²) in [6, 6.07) is 17.4. The Morgan fingerprint density at radius 3 is 2.62 bits per heavy atom. The quantitative estimate of drug-likeness (QED) is 0.628. The van der Waals surface area contributed by atoms with E-state index in [0.29, 0.717) is 18.9 Å². The molecule has 0 saturated carbocycles. The van der Waals surface area contributed by atoms with Gasteiger partial charge in [-0.1, -0.05) is 48.5 Å². The van der Waals surface area contributed by atoms with Crippen molar-refractivity contribution in [1.82, 2.24) is 9.55 Å². The first-order valence-corrected chi connectivity index (χ1v) is 11.3. The summed E-state index contributed by atoms with van der Waals surface area (Å²) >= 11 is 0. The number of aromatic nitrogens is 2. The molecule has 2 heterocycles. The molecule has 0 bridgehead atoms. The Kier molecular flexibility index (Phi) is 5.24. The fraction of sp³-hybridized carbons (Fsp3) is 0.273. The molecule has 1 amide bonds. The third kappa shape index (κ3) is 3.96. The van der Waals surface area contributed by atoms with E-state index in [1.165, 1.54) is 6.92 Å². The predicted octanol–water partition coefficient (Wildman–Crippen LogP) is 2.82. The molecule has 0 spiro atoms. The molecule has 0 aliphatic carbocycles. The molecular weight excluding hydrogens is 386 g/mol. The molecule has 150 valence electrons. The van der Waals surface area contributed by atoms with Crippen LogP contribution >= 0.6 is 0 Å². The van der Waals surface area contributed by atoms with Crippen molar-refractivity contribution in [2.24, 2.45) is 0 Å². The molecule has 3 aromatic rings. The van der Waals surface area contributed by atoms with Gasteiger partial charge >= 0.3 is 0 Å². The lowest BCUT2D eigenvalue weighted by Crippen LogP contribution is -2.41. The van der Waals surface area contributed by atoms with E-state index >= 15 is 0 Å². The summed E-state index contributed by atoms with van der Waals surface area (Å²) in [7, 11) is -3.71. The monoisotopic (exact) mass is 409 g/mol. The van der Waals surface area contributed by atoms with Crippen LogP contribution in [0.4, 0.5) is 5.69 Å². The van der Waals surface area contributed by atoms with Gasteiger partial charge in [-0.15, -0.1) is 0 Å². The van der Waals surface area contributed by atoms with Gasteiger partial charge in [0.15, 0.2) is 9.84 Å². The average molecular weight is 410 g/mol. The predicted molar refractivity (Wildman–Crippen MR) is 112 cm³/mol. The molecule has 0 fully saturated rings. The summed E-state index contributed by atoms with van der Waals surface area (Å²) in [5, 5.41) is -1.13. The highest BCUT2D eigenvalue weighted by atomic mass is 32.2. The summed E-state index contributed by atoms with van der Waals surface area (Å²) < 4.78 is 27.8. The van der Waals surface area contributed by atoms with Crippen LogP contribution in [0.2, 0.25) is 0 Å². The zero-order chi connectivity index (χ0) is 20.4. The topological polar surface area (TPSA) is 72.3 Å². The second kappa shape index (κ2) is 7.83. The summed E-state index contributed by atoms with van der Waals surface area (Å²) in [5.41, 5.74) is 2.94. The van der Waals surface area contributed by atoms with Crippen LogP contribution in [0.15, 0.2) is 67.0 Å². The van der Waals surface area contributed by atoms with Gasteiger partial charge in [-0.2, -0.15) is 0 Å². The molecule has 0 radical (unpaired) electrons. The van der Waals surface area contributed by atoms with Crippen LogP contribution in [0.25, 0.3) is 0 Å². The Balaban J connectivity index is 1.51. The smallest absolute Gasteiger partial charge is 0.245 e. The number of rotatable bonds is 6. The molecule has 29 heavy (non-hydrogen) atoms. The molecular formula is C22H23N3O3S. The first-order chi connectivity index (χ1) is 14.0. The van der Waals surface area contributed by atoms with Crippen LogP contribution in [-0.2, 0) is 33.4 Å². The zero-order valence-corrected chi connectivity index (χ0v) is 17.0. The lowest BCUT2D eigenvalue weighted by molar-refractivity contribution is -0.117. The molecule has 0 N–H and O–H groups in total. The first kappa shape index (κ1) is 19.4. The van der Waals surface area contributed by atoms with Gasteiger partial charge in [0.2, 0.25) is 5.91 Å². The van der Waals surface area contributed by atoms with Gasteiger partial charge in [0.1, 0.15) is 16.8 Å². The minimum atomic E-state index is -3.71. The molecule has 1 aliphatic rings. The summed E-state index contributed by atoms with van der Waals surface area (Å²) in [5.74, 6) is -0.207. The maximum atomic E-state index is 13.0. The van der Waals surface area contributed by atoms with E-state index in [1.807, 2.05) is 59.2 Å². The SMILES string of the molecule is CC(C(=O)N1CCc2ccccc21)S(=O)(=O)Cc1nccn1Cc1ccccc1. The number of imidazole rings is 1. The Labute approximate surface area is 170 Å². The average Bonchev–Trinajstić information content (AvgIpc) is 3.34. The van der Waals surface area contributed by atoms with E-state index in [4.69, 9.17) is 0 Å². The number of para-hydroxylation sites is 1. The standard InChI is InChI=1S/C22H23N3O3S/c1-17(22(26)25-13-11-19-9-5-6-10-20(19)25)29(27,28)16-21-23-12-14-24(21)15-18-7-3-2-4-8-18/h2-10,12,14,17H,11,13,15-16H2,1H3. The second-order valence-electron chi connectivity index (χ2n) is 7.27. The highest BCUT2D eigenvalue weighted by Gasteiger charge is 2.35. The number of amides is 1. The molecule has 1 unspecified atom stereocenters. The van der Waals surface area contributed by atoms with E-state index < -0.39 is 15.1 Å². The van der Waals surface area contributed by atoms with Crippen molar-refractivity contribution in [3.05, 3.63) is 83.9 Å². The van der Waals surface area contributed by atoms with Crippen LogP contribution in [0.5, 0.6) is 0 Å². The largest absolute Gasteiger partial charge is 0.330 e. The van der Waals surface area contributed by atoms with Crippen molar-refractivity contribution in [3.63, 3.8) is 0 Å². The molecule has 7 heteroatoms. The van der Waals surface area contributed by atoms with E-state index in [1.54, 1.807) is 17.3 Å². The lowest BCUT2D eigenvalue weighted by atomic mass is 10.2. The first-order valence-electron chi connectivity index (χ1n) is 9.60. The third-order valence-corrected chi connectivity index (χ3v) is 7.31. The van der Waals surface area contributed by atoms with Gasteiger partial charge in [-0.3, -0.25) is 4.79 Å². The number of sulfone groups is 1. The summed E-state index contributed by atoms with van der Waals surface area (Å²) in [6.07, 6.45) is 4.11. The highest BCUT2D eigenvalue weighted by molar-refractivity contribution is 7.92. The summed E-state index contributed by atoms with van der Waals surface area (Å²) in [4.78, 5) is 18.8. The van der Waals surface area contributed by atoms with Crippen LogP contribution in [-0.4, -0.2) is 35.7 Å². The van der Waals surface area contributed by atoms with Crippen molar-refractivity contribution >= 4 is 21.4 Å². The Bertz CT molecular complexity index is 1120. The maximum Gasteiger partial charge on any atom is 0.245 e. The van der Waals surface area contributed by atoms with Crippen LogP contribution in [0.1, 0.15) is 23.9 Å². The number of carbonyl (C=O) groups excluding carboxylic acids is 1. The number of hydrogen-bond acceptors (Lipinski definition) is 4. The van der Waals surface area contributed by atoms with Gasteiger partial charge in [-0.05, 0) is 30.5 Å². The van der Waals surface area contributed by atoms with E-state index in [0.717, 1.165) is 23.2 Å². The van der Waals surface area contributed by atoms with E-state index in [2.05, 4.69) is 4.98 Å². The molecule has 1 aliphatic heterocycles. The van der Waals surface area contributed by atoms with E-state index in [9.17, 15) is 13.2 Å². The van der Waals surface area contributed by atoms with Gasteiger partial charge in [0.25, 0.3) is 0 Å². The highest BCUT2D eigenvalue weighted by Crippen LogP contribution is 2.29. The Morgan fingerprint density at radius 1 is 1.10 bits per heavy atom. The van der Waals surface area contributed by atoms with E-state index in [-0.39, 0.29) is 11.7 Å². The Morgan fingerprint density at radius 2 is 1.83 bits per heavy atom. The molecule has 6 nitrogen and oxygen atoms in total. The van der Waals surface area contributed by atoms with Crippen molar-refractivity contribution < 1.29 is 13.2 Å². The van der Waals surface area contributed by atoms with Gasteiger partial charge in [0.05, 0.1) is 0 Å². The van der Waals surface area contributed by atoms with Crippen molar-refractivity contribution in [2.45, 2.75) is 30.9 Å². The van der Waals surface area contributed by atoms with Crippen LogP contribution in [0.3, 0.4) is 0 Å². The van der Waals surface area contributed by atoms with Gasteiger partial charge in [-0.25, -0.2) is 13.4 Å². The zero-order valence-electron chi connectivity index (χ0n) is 16.2. The normalized spacial score (nSPS) is 14.6. The van der Waals surface area contributed by atoms with Crippen LogP contribution in [0, 0.1) is 0 Å². The van der Waals surface area contributed by atoms with Gasteiger partial charge in [0, 0.05) is 31.2 Å². The fourth-order valence-corrected chi connectivity index (χ4v) is 4.93. The molecule has 1 atom stereocenters. The number of benzene rings is 2. The Hall–Kier alpha value is -2.93. The molecule has 0 saturated heterocycles. The lowest BCUT2D eigenvalue weighted by Gasteiger charge is -2.22. The van der Waals surface area contributed by atoms with Crippen molar-refractivity contribution in [1.29, 1.82) is 0 Å². The molecule has 1 aromatic heterocycles. The number of carbonyl (C=O) groups is 1. The number of hydrogen-bond donors (Lipinski definition) is 0. The summed E-state index contributed by atoms with van der Waals surface area (Å²) in [6.45, 7) is 2.53.